The molecule has 66 heavy (non-hydrogen) atoms. The molecular formula is C57H103NO8. The third kappa shape index (κ3) is 36.0. The van der Waals surface area contributed by atoms with Crippen LogP contribution in [0.4, 0.5) is 0 Å². The van der Waals surface area contributed by atoms with Crippen molar-refractivity contribution in [1.29, 1.82) is 0 Å². The average Bonchev–Trinajstić information content (AvgIpc) is 3.32. The Balaban J connectivity index is 2.26. The molecule has 0 saturated carbocycles. The number of allylic oxidation sites excluding steroid dienone is 9. The zero-order valence-electron chi connectivity index (χ0n) is 42.4. The highest BCUT2D eigenvalue weighted by Gasteiger charge is 2.44. The minimum Gasteiger partial charge on any atom is -0.394 e. The maximum Gasteiger partial charge on any atom is 0.220 e. The average molecular weight is 930 g/mol. The molecule has 0 bridgehead atoms. The van der Waals surface area contributed by atoms with Gasteiger partial charge in [0.2, 0.25) is 5.91 Å². The maximum atomic E-state index is 13.0. The quantitative estimate of drug-likeness (QED) is 0.0261. The Bertz CT molecular complexity index is 1220. The largest absolute Gasteiger partial charge is 0.394 e. The van der Waals surface area contributed by atoms with Crippen LogP contribution in [0.2, 0.25) is 0 Å². The Morgan fingerprint density at radius 3 is 1.39 bits per heavy atom. The number of rotatable bonds is 46. The van der Waals surface area contributed by atoms with Crippen molar-refractivity contribution in [2.45, 2.75) is 281 Å². The number of aliphatic hydroxyl groups excluding tert-OH is 5. The van der Waals surface area contributed by atoms with E-state index < -0.39 is 49.5 Å². The fraction of sp³-hybridized carbons (Fsp3) is 0.807. The molecule has 7 atom stereocenters. The van der Waals surface area contributed by atoms with E-state index >= 15 is 0 Å². The second-order valence-corrected chi connectivity index (χ2v) is 19.0. The minimum atomic E-state index is -1.57. The van der Waals surface area contributed by atoms with Crippen molar-refractivity contribution in [2.24, 2.45) is 0 Å². The lowest BCUT2D eigenvalue weighted by atomic mass is 9.99. The summed E-state index contributed by atoms with van der Waals surface area (Å²) in [6, 6.07) is -0.810. The van der Waals surface area contributed by atoms with Crippen molar-refractivity contribution in [3.05, 3.63) is 60.8 Å². The highest BCUT2D eigenvalue weighted by molar-refractivity contribution is 5.76. The van der Waals surface area contributed by atoms with Crippen LogP contribution in [0.1, 0.15) is 239 Å². The Morgan fingerprint density at radius 1 is 0.530 bits per heavy atom. The number of nitrogens with one attached hydrogen (secondary N) is 1. The SMILES string of the molecule is CC/C=C\C/C=C\C/C=C\C/C=C\CCCCCCCCCCCCC(=O)NC(COC1OC(CO)C(O)C(O)C1O)C(O)/C=C/CCCCCCCCCCCCCCCCCCCC. The fourth-order valence-electron chi connectivity index (χ4n) is 8.50. The van der Waals surface area contributed by atoms with Crippen molar-refractivity contribution in [1.82, 2.24) is 5.32 Å². The van der Waals surface area contributed by atoms with E-state index in [0.29, 0.717) is 6.42 Å². The molecule has 0 aromatic rings. The highest BCUT2D eigenvalue weighted by Crippen LogP contribution is 2.23. The van der Waals surface area contributed by atoms with Crippen LogP contribution in [0.15, 0.2) is 60.8 Å². The molecule has 0 aromatic carbocycles. The Kier molecular flexibility index (Phi) is 43.7. The van der Waals surface area contributed by atoms with Gasteiger partial charge in [-0.05, 0) is 57.8 Å². The van der Waals surface area contributed by atoms with Gasteiger partial charge in [-0.15, -0.1) is 0 Å². The predicted octanol–water partition coefficient (Wildman–Crippen LogP) is 13.1. The van der Waals surface area contributed by atoms with Crippen molar-refractivity contribution in [3.63, 3.8) is 0 Å². The molecule has 384 valence electrons. The number of ether oxygens (including phenoxy) is 2. The molecular weight excluding hydrogens is 827 g/mol. The molecule has 0 aliphatic carbocycles. The van der Waals surface area contributed by atoms with Gasteiger partial charge in [0.05, 0.1) is 25.4 Å². The van der Waals surface area contributed by atoms with Gasteiger partial charge < -0.3 is 40.3 Å². The Hall–Kier alpha value is -2.11. The molecule has 7 unspecified atom stereocenters. The molecule has 1 fully saturated rings. The van der Waals surface area contributed by atoms with E-state index in [1.807, 2.05) is 6.08 Å². The molecule has 0 spiro atoms. The van der Waals surface area contributed by atoms with Gasteiger partial charge in [-0.2, -0.15) is 0 Å². The van der Waals surface area contributed by atoms with E-state index in [1.54, 1.807) is 6.08 Å². The summed E-state index contributed by atoms with van der Waals surface area (Å²) < 4.78 is 11.3. The van der Waals surface area contributed by atoms with Gasteiger partial charge in [-0.1, -0.05) is 235 Å². The molecule has 9 nitrogen and oxygen atoms in total. The first kappa shape index (κ1) is 61.9. The zero-order valence-corrected chi connectivity index (χ0v) is 42.4. The predicted molar refractivity (Wildman–Crippen MR) is 276 cm³/mol. The summed E-state index contributed by atoms with van der Waals surface area (Å²) in [6.07, 6.45) is 55.5. The van der Waals surface area contributed by atoms with Crippen LogP contribution >= 0.6 is 0 Å². The van der Waals surface area contributed by atoms with E-state index in [1.165, 1.54) is 148 Å². The highest BCUT2D eigenvalue weighted by atomic mass is 16.7. The van der Waals surface area contributed by atoms with E-state index in [-0.39, 0.29) is 12.5 Å². The minimum absolute atomic E-state index is 0.182. The van der Waals surface area contributed by atoms with Crippen LogP contribution < -0.4 is 5.32 Å². The summed E-state index contributed by atoms with van der Waals surface area (Å²) in [5, 5.41) is 54.5. The lowest BCUT2D eigenvalue weighted by Gasteiger charge is -2.40. The number of carbonyl (C=O) groups excluding carboxylic acids is 1. The number of hydrogen-bond donors (Lipinski definition) is 6. The van der Waals surface area contributed by atoms with Crippen molar-refractivity contribution in [3.8, 4) is 0 Å². The number of hydrogen-bond acceptors (Lipinski definition) is 8. The molecule has 1 aliphatic rings. The Morgan fingerprint density at radius 2 is 0.939 bits per heavy atom. The maximum absolute atomic E-state index is 13.0. The zero-order chi connectivity index (χ0) is 48.0. The van der Waals surface area contributed by atoms with E-state index in [0.717, 1.165) is 70.6 Å². The van der Waals surface area contributed by atoms with Crippen molar-refractivity contribution < 1.29 is 39.8 Å². The first-order chi connectivity index (χ1) is 32.3. The van der Waals surface area contributed by atoms with Gasteiger partial charge in [0.15, 0.2) is 6.29 Å². The van der Waals surface area contributed by atoms with Crippen molar-refractivity contribution >= 4 is 5.91 Å². The molecule has 1 heterocycles. The standard InChI is InChI=1S/C57H103NO8/c1-3-5-7-9-11-13-15-17-19-21-23-25-26-27-29-31-33-35-37-39-41-43-45-47-53(61)58-50(49-65-57-56(64)55(63)54(62)52(48-59)66-57)51(60)46-44-42-40-38-36-34-32-30-28-24-22-20-18-16-14-12-10-8-6-4-2/h5,7,11,13,17,19,23,25,44,46,50-52,54-57,59-60,62-64H,3-4,6,8-10,12,14-16,18,20-22,24,26-43,45,47-49H2,1-2H3,(H,58,61)/b7-5-,13-11-,19-17-,25-23-,46-44+. The van der Waals surface area contributed by atoms with Gasteiger partial charge in [0.1, 0.15) is 24.4 Å². The normalized spacial score (nSPS) is 20.3. The van der Waals surface area contributed by atoms with Crippen LogP contribution in [0, 0.1) is 0 Å². The van der Waals surface area contributed by atoms with E-state index in [9.17, 15) is 30.3 Å². The summed E-state index contributed by atoms with van der Waals surface area (Å²) in [4.78, 5) is 13.0. The third-order valence-corrected chi connectivity index (χ3v) is 12.8. The summed E-state index contributed by atoms with van der Waals surface area (Å²) in [5.74, 6) is -0.182. The topological polar surface area (TPSA) is 149 Å². The van der Waals surface area contributed by atoms with Crippen LogP contribution in [0.25, 0.3) is 0 Å². The first-order valence-corrected chi connectivity index (χ1v) is 27.5. The molecule has 1 saturated heterocycles. The lowest BCUT2D eigenvalue weighted by Crippen LogP contribution is -2.60. The summed E-state index contributed by atoms with van der Waals surface area (Å²) in [7, 11) is 0. The molecule has 1 amide bonds. The fourth-order valence-corrected chi connectivity index (χ4v) is 8.50. The number of aliphatic hydroxyl groups is 5. The van der Waals surface area contributed by atoms with Gasteiger partial charge in [-0.25, -0.2) is 0 Å². The second kappa shape index (κ2) is 46.6. The molecule has 6 N–H and O–H groups in total. The van der Waals surface area contributed by atoms with Gasteiger partial charge >= 0.3 is 0 Å². The first-order valence-electron chi connectivity index (χ1n) is 27.5. The van der Waals surface area contributed by atoms with Gasteiger partial charge in [-0.3, -0.25) is 4.79 Å². The summed E-state index contributed by atoms with van der Waals surface area (Å²) in [6.45, 7) is 3.68. The monoisotopic (exact) mass is 930 g/mol. The second-order valence-electron chi connectivity index (χ2n) is 19.0. The summed E-state index contributed by atoms with van der Waals surface area (Å²) >= 11 is 0. The van der Waals surface area contributed by atoms with E-state index in [4.69, 9.17) is 9.47 Å². The molecule has 0 radical (unpaired) electrons. The van der Waals surface area contributed by atoms with Crippen molar-refractivity contribution in [2.75, 3.05) is 13.2 Å². The summed E-state index contributed by atoms with van der Waals surface area (Å²) in [5.41, 5.74) is 0. The number of carbonyl (C=O) groups is 1. The lowest BCUT2D eigenvalue weighted by molar-refractivity contribution is -0.302. The molecule has 1 rings (SSSR count). The smallest absolute Gasteiger partial charge is 0.220 e. The molecule has 0 aromatic heterocycles. The molecule has 9 heteroatoms. The number of amides is 1. The van der Waals surface area contributed by atoms with E-state index in [2.05, 4.69) is 67.8 Å². The van der Waals surface area contributed by atoms with Crippen LogP contribution in [0.3, 0.4) is 0 Å². The molecule has 1 aliphatic heterocycles. The third-order valence-electron chi connectivity index (χ3n) is 12.8. The number of unbranched alkanes of at least 4 members (excludes halogenated alkanes) is 28. The Labute approximate surface area is 405 Å². The van der Waals surface area contributed by atoms with Gasteiger partial charge in [0.25, 0.3) is 0 Å². The van der Waals surface area contributed by atoms with Crippen LogP contribution in [0.5, 0.6) is 0 Å². The van der Waals surface area contributed by atoms with Crippen LogP contribution in [-0.2, 0) is 14.3 Å². The van der Waals surface area contributed by atoms with Gasteiger partial charge in [0, 0.05) is 6.42 Å². The van der Waals surface area contributed by atoms with Crippen LogP contribution in [-0.4, -0.2) is 87.5 Å².